The van der Waals surface area contributed by atoms with E-state index in [0.717, 1.165) is 15.9 Å². The second-order valence-corrected chi connectivity index (χ2v) is 6.07. The van der Waals surface area contributed by atoms with Gasteiger partial charge in [0.2, 0.25) is 0 Å². The van der Waals surface area contributed by atoms with Crippen LogP contribution in [0.15, 0.2) is 40.2 Å². The Labute approximate surface area is 154 Å². The van der Waals surface area contributed by atoms with Crippen LogP contribution in [0.25, 0.3) is 11.2 Å². The number of rotatable bonds is 6. The summed E-state index contributed by atoms with van der Waals surface area (Å²) in [6, 6.07) is 7.49. The van der Waals surface area contributed by atoms with Gasteiger partial charge in [0.15, 0.2) is 11.2 Å². The summed E-state index contributed by atoms with van der Waals surface area (Å²) in [6.45, 7) is 0.0564. The fourth-order valence-electron chi connectivity index (χ4n) is 2.78. The van der Waals surface area contributed by atoms with E-state index in [1.165, 1.54) is 29.6 Å². The Morgan fingerprint density at radius 2 is 1.81 bits per heavy atom. The molecule has 0 aliphatic rings. The number of esters is 1. The number of benzene rings is 1. The fraction of sp³-hybridized carbons (Fsp3) is 0.333. The third-order valence-electron chi connectivity index (χ3n) is 4.33. The molecule has 2 aromatic heterocycles. The minimum Gasteiger partial charge on any atom is -0.497 e. The zero-order valence-electron chi connectivity index (χ0n) is 15.3. The standard InChI is InChI=1S/C18H20N4O5/c1-20-16-15(17(24)21(2)18(20)25)22(11-19-16)10-14(23)27-9-8-12-4-6-13(26-3)7-5-12/h4-7,11H,8-10H2,1-3H3. The number of nitrogens with zero attached hydrogens (tertiary/aromatic N) is 4. The van der Waals surface area contributed by atoms with Crippen molar-refractivity contribution in [2.45, 2.75) is 13.0 Å². The van der Waals surface area contributed by atoms with E-state index in [0.29, 0.717) is 6.42 Å². The van der Waals surface area contributed by atoms with Gasteiger partial charge in [-0.2, -0.15) is 0 Å². The van der Waals surface area contributed by atoms with Crippen molar-refractivity contribution in [2.75, 3.05) is 13.7 Å². The molecule has 1 aromatic carbocycles. The zero-order valence-corrected chi connectivity index (χ0v) is 15.3. The van der Waals surface area contributed by atoms with Gasteiger partial charge in [-0.05, 0) is 17.7 Å². The van der Waals surface area contributed by atoms with Gasteiger partial charge in [-0.15, -0.1) is 0 Å². The third kappa shape index (κ3) is 3.62. The number of methoxy groups -OCH3 is 1. The number of hydrogen-bond donors (Lipinski definition) is 0. The van der Waals surface area contributed by atoms with Gasteiger partial charge < -0.3 is 14.0 Å². The number of carbonyl (C=O) groups is 1. The molecule has 0 unspecified atom stereocenters. The molecule has 0 saturated carbocycles. The predicted octanol–water partition coefficient (Wildman–Crippen LogP) is 0.228. The van der Waals surface area contributed by atoms with Crippen LogP contribution in [0.4, 0.5) is 0 Å². The van der Waals surface area contributed by atoms with Crippen molar-refractivity contribution in [3.8, 4) is 5.75 Å². The smallest absolute Gasteiger partial charge is 0.332 e. The number of hydrogen-bond acceptors (Lipinski definition) is 6. The highest BCUT2D eigenvalue weighted by Crippen LogP contribution is 2.12. The molecule has 9 nitrogen and oxygen atoms in total. The van der Waals surface area contributed by atoms with Crippen LogP contribution in [0, 0.1) is 0 Å². The van der Waals surface area contributed by atoms with Gasteiger partial charge in [-0.3, -0.25) is 18.7 Å². The molecule has 0 amide bonds. The van der Waals surface area contributed by atoms with Crippen molar-refractivity contribution in [3.63, 3.8) is 0 Å². The number of aryl methyl sites for hydroxylation is 1. The lowest BCUT2D eigenvalue weighted by molar-refractivity contribution is -0.144. The SMILES string of the molecule is COc1ccc(CCOC(=O)Cn2cnc3c2c(=O)n(C)c(=O)n3C)cc1. The van der Waals surface area contributed by atoms with E-state index in [2.05, 4.69) is 4.98 Å². The Morgan fingerprint density at radius 3 is 2.48 bits per heavy atom. The molecule has 0 N–H and O–H groups in total. The Hall–Kier alpha value is -3.36. The average molecular weight is 372 g/mol. The molecule has 2 heterocycles. The largest absolute Gasteiger partial charge is 0.497 e. The summed E-state index contributed by atoms with van der Waals surface area (Å²) in [7, 11) is 4.50. The van der Waals surface area contributed by atoms with Crippen LogP contribution in [-0.2, 0) is 36.6 Å². The van der Waals surface area contributed by atoms with Crippen LogP contribution in [0.2, 0.25) is 0 Å². The van der Waals surface area contributed by atoms with Crippen LogP contribution in [0.1, 0.15) is 5.56 Å². The lowest BCUT2D eigenvalue weighted by Gasteiger charge is -2.08. The van der Waals surface area contributed by atoms with Gasteiger partial charge in [0.05, 0.1) is 20.0 Å². The Morgan fingerprint density at radius 1 is 1.11 bits per heavy atom. The van der Waals surface area contributed by atoms with Crippen molar-refractivity contribution in [2.24, 2.45) is 14.1 Å². The molecular weight excluding hydrogens is 352 g/mol. The summed E-state index contributed by atoms with van der Waals surface area (Å²) in [5.74, 6) is 0.275. The average Bonchev–Trinajstić information content (AvgIpc) is 3.08. The third-order valence-corrected chi connectivity index (χ3v) is 4.33. The molecule has 142 valence electrons. The van der Waals surface area contributed by atoms with E-state index in [-0.39, 0.29) is 24.3 Å². The molecule has 0 aliphatic carbocycles. The number of fused-ring (bicyclic) bond motifs is 1. The number of aromatic nitrogens is 4. The summed E-state index contributed by atoms with van der Waals surface area (Å²) in [6.07, 6.45) is 1.92. The number of imidazole rings is 1. The summed E-state index contributed by atoms with van der Waals surface area (Å²) in [5.41, 5.74) is 0.456. The van der Waals surface area contributed by atoms with E-state index in [1.807, 2.05) is 24.3 Å². The van der Waals surface area contributed by atoms with Gasteiger partial charge in [0.25, 0.3) is 5.56 Å². The van der Waals surface area contributed by atoms with Gasteiger partial charge in [0.1, 0.15) is 12.3 Å². The Kier molecular flexibility index (Phi) is 5.11. The maximum atomic E-state index is 12.3. The Bertz CT molecular complexity index is 1090. The minimum absolute atomic E-state index is 0.160. The lowest BCUT2D eigenvalue weighted by atomic mass is 10.1. The maximum absolute atomic E-state index is 12.3. The van der Waals surface area contributed by atoms with Crippen molar-refractivity contribution < 1.29 is 14.3 Å². The first-order valence-electron chi connectivity index (χ1n) is 8.31. The van der Waals surface area contributed by atoms with E-state index < -0.39 is 17.2 Å². The molecule has 0 atom stereocenters. The predicted molar refractivity (Wildman–Crippen MR) is 97.9 cm³/mol. The second-order valence-electron chi connectivity index (χ2n) is 6.07. The first kappa shape index (κ1) is 18.4. The van der Waals surface area contributed by atoms with Crippen LogP contribution in [0.5, 0.6) is 5.75 Å². The topological polar surface area (TPSA) is 97.3 Å². The van der Waals surface area contributed by atoms with Crippen LogP contribution >= 0.6 is 0 Å². The molecule has 0 spiro atoms. The highest BCUT2D eigenvalue weighted by atomic mass is 16.5. The molecule has 0 saturated heterocycles. The zero-order chi connectivity index (χ0) is 19.6. The first-order valence-corrected chi connectivity index (χ1v) is 8.31. The first-order chi connectivity index (χ1) is 12.9. The van der Waals surface area contributed by atoms with Gasteiger partial charge in [-0.1, -0.05) is 12.1 Å². The molecule has 9 heteroatoms. The van der Waals surface area contributed by atoms with E-state index in [1.54, 1.807) is 7.11 Å². The van der Waals surface area contributed by atoms with E-state index in [4.69, 9.17) is 9.47 Å². The van der Waals surface area contributed by atoms with Crippen molar-refractivity contribution in [3.05, 3.63) is 57.0 Å². The van der Waals surface area contributed by atoms with E-state index >= 15 is 0 Å². The van der Waals surface area contributed by atoms with Crippen LogP contribution in [0.3, 0.4) is 0 Å². The monoisotopic (exact) mass is 372 g/mol. The minimum atomic E-state index is -0.503. The van der Waals surface area contributed by atoms with Crippen molar-refractivity contribution in [1.82, 2.24) is 18.7 Å². The second kappa shape index (κ2) is 7.48. The molecular formula is C18H20N4O5. The lowest BCUT2D eigenvalue weighted by Crippen LogP contribution is -2.37. The molecule has 0 bridgehead atoms. The quantitative estimate of drug-likeness (QED) is 0.575. The number of carbonyl (C=O) groups excluding carboxylic acids is 1. The van der Waals surface area contributed by atoms with Gasteiger partial charge in [-0.25, -0.2) is 9.78 Å². The molecule has 27 heavy (non-hydrogen) atoms. The molecule has 3 aromatic rings. The normalized spacial score (nSPS) is 10.9. The van der Waals surface area contributed by atoms with E-state index in [9.17, 15) is 14.4 Å². The molecule has 0 radical (unpaired) electrons. The highest BCUT2D eigenvalue weighted by molar-refractivity contribution is 5.75. The van der Waals surface area contributed by atoms with Gasteiger partial charge in [0, 0.05) is 20.5 Å². The highest BCUT2D eigenvalue weighted by Gasteiger charge is 2.16. The summed E-state index contributed by atoms with van der Waals surface area (Å²) < 4.78 is 14.0. The summed E-state index contributed by atoms with van der Waals surface area (Å²) >= 11 is 0. The van der Waals surface area contributed by atoms with Crippen molar-refractivity contribution in [1.29, 1.82) is 0 Å². The Balaban J connectivity index is 1.67. The summed E-state index contributed by atoms with van der Waals surface area (Å²) in [4.78, 5) is 40.5. The number of ether oxygens (including phenoxy) is 2. The molecule has 0 aliphatic heterocycles. The molecule has 3 rings (SSSR count). The van der Waals surface area contributed by atoms with Crippen LogP contribution in [-0.4, -0.2) is 38.4 Å². The summed E-state index contributed by atoms with van der Waals surface area (Å²) in [5, 5.41) is 0. The fourth-order valence-corrected chi connectivity index (χ4v) is 2.78. The molecule has 0 fully saturated rings. The van der Waals surface area contributed by atoms with Crippen molar-refractivity contribution >= 4 is 17.1 Å². The van der Waals surface area contributed by atoms with Gasteiger partial charge >= 0.3 is 11.7 Å². The van der Waals surface area contributed by atoms with Crippen LogP contribution < -0.4 is 16.0 Å². The maximum Gasteiger partial charge on any atom is 0.332 e.